The number of hydrogen-bond acceptors (Lipinski definition) is 6. The smallest absolute Gasteiger partial charge is 0.304 e. The Morgan fingerprint density at radius 3 is 2.35 bits per heavy atom. The average molecular weight is 246 g/mol. The number of carbonyl (C=O) groups is 2. The lowest BCUT2D eigenvalue weighted by Crippen LogP contribution is -2.47. The standard InChI is InChI=1S/C11H18O6/c1-6-9(15-7(2)13)4-11(16-8(3)14)17-10(6)5-12/h6,9-12H,4-5H2,1-3H3. The van der Waals surface area contributed by atoms with Crippen molar-refractivity contribution in [3.05, 3.63) is 0 Å². The summed E-state index contributed by atoms with van der Waals surface area (Å²) in [4.78, 5) is 21.8. The first-order chi connectivity index (χ1) is 7.93. The number of esters is 2. The quantitative estimate of drug-likeness (QED) is 0.717. The summed E-state index contributed by atoms with van der Waals surface area (Å²) in [6.07, 6.45) is -1.40. The Bertz CT molecular complexity index is 290. The number of aliphatic hydroxyl groups is 1. The molecular weight excluding hydrogens is 228 g/mol. The zero-order chi connectivity index (χ0) is 13.0. The molecule has 0 aliphatic carbocycles. The van der Waals surface area contributed by atoms with Crippen LogP contribution in [0, 0.1) is 5.92 Å². The molecule has 4 atom stereocenters. The van der Waals surface area contributed by atoms with E-state index in [0.29, 0.717) is 0 Å². The Kier molecular flexibility index (Phi) is 4.89. The average Bonchev–Trinajstić information content (AvgIpc) is 2.21. The van der Waals surface area contributed by atoms with Crippen LogP contribution in [0.15, 0.2) is 0 Å². The highest BCUT2D eigenvalue weighted by molar-refractivity contribution is 5.66. The van der Waals surface area contributed by atoms with E-state index in [-0.39, 0.29) is 18.9 Å². The van der Waals surface area contributed by atoms with Crippen molar-refractivity contribution in [2.24, 2.45) is 5.92 Å². The summed E-state index contributed by atoms with van der Waals surface area (Å²) in [5.41, 5.74) is 0. The van der Waals surface area contributed by atoms with E-state index in [0.717, 1.165) is 0 Å². The number of aliphatic hydroxyl groups excluding tert-OH is 1. The summed E-state index contributed by atoms with van der Waals surface area (Å²) in [6.45, 7) is 4.20. The molecule has 0 aromatic heterocycles. The number of hydrogen-bond donors (Lipinski definition) is 1. The molecule has 6 heteroatoms. The second-order valence-electron chi connectivity index (χ2n) is 4.14. The molecule has 4 unspecified atom stereocenters. The van der Waals surface area contributed by atoms with Gasteiger partial charge in [-0.15, -0.1) is 0 Å². The van der Waals surface area contributed by atoms with E-state index >= 15 is 0 Å². The molecule has 1 saturated heterocycles. The molecule has 0 radical (unpaired) electrons. The second-order valence-corrected chi connectivity index (χ2v) is 4.14. The third kappa shape index (κ3) is 3.98. The molecule has 1 fully saturated rings. The Morgan fingerprint density at radius 2 is 1.88 bits per heavy atom. The van der Waals surface area contributed by atoms with Crippen molar-refractivity contribution < 1.29 is 28.9 Å². The molecule has 98 valence electrons. The first-order valence-electron chi connectivity index (χ1n) is 5.54. The maximum Gasteiger partial charge on any atom is 0.304 e. The molecule has 1 aliphatic heterocycles. The van der Waals surface area contributed by atoms with Crippen LogP contribution >= 0.6 is 0 Å². The van der Waals surface area contributed by atoms with E-state index in [1.165, 1.54) is 13.8 Å². The molecule has 0 aromatic carbocycles. The van der Waals surface area contributed by atoms with Crippen LogP contribution in [0.3, 0.4) is 0 Å². The molecular formula is C11H18O6. The van der Waals surface area contributed by atoms with Gasteiger partial charge < -0.3 is 19.3 Å². The summed E-state index contributed by atoms with van der Waals surface area (Å²) in [5, 5.41) is 9.16. The Morgan fingerprint density at radius 1 is 1.29 bits per heavy atom. The lowest BCUT2D eigenvalue weighted by Gasteiger charge is -2.38. The first kappa shape index (κ1) is 13.9. The first-order valence-corrected chi connectivity index (χ1v) is 5.54. The van der Waals surface area contributed by atoms with E-state index in [4.69, 9.17) is 19.3 Å². The number of rotatable bonds is 3. The van der Waals surface area contributed by atoms with Gasteiger partial charge in [-0.1, -0.05) is 6.92 Å². The van der Waals surface area contributed by atoms with E-state index in [1.807, 2.05) is 6.92 Å². The van der Waals surface area contributed by atoms with Gasteiger partial charge in [-0.25, -0.2) is 0 Å². The van der Waals surface area contributed by atoms with Gasteiger partial charge in [-0.2, -0.15) is 0 Å². The fourth-order valence-corrected chi connectivity index (χ4v) is 1.86. The van der Waals surface area contributed by atoms with Crippen molar-refractivity contribution in [2.45, 2.75) is 45.7 Å². The van der Waals surface area contributed by atoms with Crippen molar-refractivity contribution in [1.29, 1.82) is 0 Å². The van der Waals surface area contributed by atoms with Gasteiger partial charge in [0.05, 0.1) is 12.7 Å². The van der Waals surface area contributed by atoms with Crippen molar-refractivity contribution in [3.8, 4) is 0 Å². The summed E-state index contributed by atoms with van der Waals surface area (Å²) in [6, 6.07) is 0. The van der Waals surface area contributed by atoms with Gasteiger partial charge in [0.1, 0.15) is 6.10 Å². The van der Waals surface area contributed by atoms with E-state index in [2.05, 4.69) is 0 Å². The third-order valence-corrected chi connectivity index (χ3v) is 2.72. The molecule has 0 aromatic rings. The predicted molar refractivity (Wildman–Crippen MR) is 56.8 cm³/mol. The maximum atomic E-state index is 10.9. The molecule has 0 spiro atoms. The van der Waals surface area contributed by atoms with Gasteiger partial charge in [0, 0.05) is 26.2 Å². The van der Waals surface area contributed by atoms with Crippen LogP contribution in [-0.2, 0) is 23.8 Å². The SMILES string of the molecule is CC(=O)OC1CC(OC(C)=O)C(C)C(CO)O1. The fourth-order valence-electron chi connectivity index (χ4n) is 1.86. The number of carbonyl (C=O) groups excluding carboxylic acids is 2. The molecule has 0 saturated carbocycles. The summed E-state index contributed by atoms with van der Waals surface area (Å²) >= 11 is 0. The lowest BCUT2D eigenvalue weighted by molar-refractivity contribution is -0.239. The van der Waals surface area contributed by atoms with Crippen LogP contribution in [0.25, 0.3) is 0 Å². The van der Waals surface area contributed by atoms with Crippen LogP contribution in [0.5, 0.6) is 0 Å². The van der Waals surface area contributed by atoms with Gasteiger partial charge in [0.15, 0.2) is 0 Å². The highest BCUT2D eigenvalue weighted by atomic mass is 16.7. The zero-order valence-corrected chi connectivity index (χ0v) is 10.2. The Hall–Kier alpha value is -1.14. The fraction of sp³-hybridized carbons (Fsp3) is 0.818. The molecule has 1 rings (SSSR count). The van der Waals surface area contributed by atoms with Crippen LogP contribution in [-0.4, -0.2) is 42.1 Å². The highest BCUT2D eigenvalue weighted by Gasteiger charge is 2.38. The monoisotopic (exact) mass is 246 g/mol. The predicted octanol–water partition coefficient (Wildman–Crippen LogP) is 0.225. The molecule has 0 bridgehead atoms. The van der Waals surface area contributed by atoms with Gasteiger partial charge >= 0.3 is 11.9 Å². The topological polar surface area (TPSA) is 82.1 Å². The molecule has 0 amide bonds. The minimum Gasteiger partial charge on any atom is -0.462 e. The largest absolute Gasteiger partial charge is 0.462 e. The van der Waals surface area contributed by atoms with E-state index < -0.39 is 30.4 Å². The van der Waals surface area contributed by atoms with E-state index in [1.54, 1.807) is 0 Å². The Balaban J connectivity index is 2.67. The van der Waals surface area contributed by atoms with Gasteiger partial charge in [-0.3, -0.25) is 9.59 Å². The van der Waals surface area contributed by atoms with Crippen molar-refractivity contribution in [1.82, 2.24) is 0 Å². The van der Waals surface area contributed by atoms with Crippen LogP contribution < -0.4 is 0 Å². The van der Waals surface area contributed by atoms with Crippen molar-refractivity contribution >= 4 is 11.9 Å². The minimum absolute atomic E-state index is 0.143. The van der Waals surface area contributed by atoms with Gasteiger partial charge in [0.25, 0.3) is 0 Å². The summed E-state index contributed by atoms with van der Waals surface area (Å²) in [5.74, 6) is -1.01. The van der Waals surface area contributed by atoms with Crippen molar-refractivity contribution in [2.75, 3.05) is 6.61 Å². The highest BCUT2D eigenvalue weighted by Crippen LogP contribution is 2.28. The zero-order valence-electron chi connectivity index (χ0n) is 10.2. The van der Waals surface area contributed by atoms with Crippen LogP contribution in [0.4, 0.5) is 0 Å². The number of ether oxygens (including phenoxy) is 3. The van der Waals surface area contributed by atoms with Gasteiger partial charge in [-0.05, 0) is 0 Å². The summed E-state index contributed by atoms with van der Waals surface area (Å²) in [7, 11) is 0. The van der Waals surface area contributed by atoms with Crippen LogP contribution in [0.2, 0.25) is 0 Å². The van der Waals surface area contributed by atoms with Crippen LogP contribution in [0.1, 0.15) is 27.2 Å². The second kappa shape index (κ2) is 5.97. The molecule has 17 heavy (non-hydrogen) atoms. The van der Waals surface area contributed by atoms with E-state index in [9.17, 15) is 9.59 Å². The molecule has 6 nitrogen and oxygen atoms in total. The lowest BCUT2D eigenvalue weighted by atomic mass is 9.93. The molecule has 1 aliphatic rings. The minimum atomic E-state index is -0.773. The third-order valence-electron chi connectivity index (χ3n) is 2.72. The molecule has 1 heterocycles. The normalized spacial score (nSPS) is 32.9. The molecule has 1 N–H and O–H groups in total. The maximum absolute atomic E-state index is 10.9. The summed E-state index contributed by atoms with van der Waals surface area (Å²) < 4.78 is 15.4. The van der Waals surface area contributed by atoms with Gasteiger partial charge in [0.2, 0.25) is 6.29 Å². The Labute approximate surface area is 99.8 Å². The van der Waals surface area contributed by atoms with Crippen molar-refractivity contribution in [3.63, 3.8) is 0 Å².